The maximum absolute atomic E-state index is 14.1. The van der Waals surface area contributed by atoms with E-state index >= 15 is 0 Å². The molecule has 2 heterocycles. The van der Waals surface area contributed by atoms with Crippen molar-refractivity contribution in [2.24, 2.45) is 0 Å². The minimum atomic E-state index is -0.795. The Hall–Kier alpha value is -4.31. The van der Waals surface area contributed by atoms with E-state index < -0.39 is 17.5 Å². The molecule has 1 fully saturated rings. The standard InChI is InChI=1S/C34H40FN3O6/c1-20-9-10-22(35)16-29(20)43-19-26-24(13-14-27-31(26)38(5)33(40)34(3,4)37-27)25-12-11-23(17-30(25)41-6)42-18-21(2)44-32(39)28-8-7-15-36-28/h9-14,16-17,21,28,36-37H,7-8,15,18-19H2,1-6H3. The van der Waals surface area contributed by atoms with E-state index in [1.165, 1.54) is 12.1 Å². The van der Waals surface area contributed by atoms with Crippen LogP contribution in [0.1, 0.15) is 44.7 Å². The smallest absolute Gasteiger partial charge is 0.323 e. The topological polar surface area (TPSA) is 98.4 Å². The number of anilines is 2. The number of methoxy groups -OCH3 is 1. The molecule has 3 aromatic carbocycles. The Morgan fingerprint density at radius 3 is 2.59 bits per heavy atom. The van der Waals surface area contributed by atoms with Gasteiger partial charge in [0.1, 0.15) is 54.0 Å². The molecule has 0 bridgehead atoms. The fourth-order valence-corrected chi connectivity index (χ4v) is 5.71. The van der Waals surface area contributed by atoms with E-state index in [1.54, 1.807) is 38.1 Å². The van der Waals surface area contributed by atoms with Crippen molar-refractivity contribution in [2.75, 3.05) is 37.5 Å². The highest BCUT2D eigenvalue weighted by molar-refractivity contribution is 6.08. The van der Waals surface area contributed by atoms with Crippen LogP contribution in [0.2, 0.25) is 0 Å². The molecule has 9 nitrogen and oxygen atoms in total. The van der Waals surface area contributed by atoms with E-state index in [2.05, 4.69) is 10.6 Å². The van der Waals surface area contributed by atoms with E-state index in [1.807, 2.05) is 45.0 Å². The number of carbonyl (C=O) groups excluding carboxylic acids is 2. The van der Waals surface area contributed by atoms with Crippen molar-refractivity contribution in [3.8, 4) is 28.4 Å². The number of hydrogen-bond acceptors (Lipinski definition) is 8. The summed E-state index contributed by atoms with van der Waals surface area (Å²) < 4.78 is 37.6. The van der Waals surface area contributed by atoms with Crippen molar-refractivity contribution in [2.45, 2.75) is 64.8 Å². The van der Waals surface area contributed by atoms with Gasteiger partial charge in [-0.2, -0.15) is 0 Å². The third kappa shape index (κ3) is 6.45. The van der Waals surface area contributed by atoms with Crippen LogP contribution >= 0.6 is 0 Å². The molecule has 2 N–H and O–H groups in total. The number of benzene rings is 3. The van der Waals surface area contributed by atoms with Crippen LogP contribution in [0.4, 0.5) is 15.8 Å². The Morgan fingerprint density at radius 2 is 1.86 bits per heavy atom. The summed E-state index contributed by atoms with van der Waals surface area (Å²) in [4.78, 5) is 27.3. The second-order valence-corrected chi connectivity index (χ2v) is 11.9. The normalized spacial score (nSPS) is 17.8. The summed E-state index contributed by atoms with van der Waals surface area (Å²) in [7, 11) is 3.32. The van der Waals surface area contributed by atoms with E-state index in [-0.39, 0.29) is 31.1 Å². The number of fused-ring (bicyclic) bond motifs is 1. The van der Waals surface area contributed by atoms with Gasteiger partial charge in [-0.3, -0.25) is 9.59 Å². The van der Waals surface area contributed by atoms with Gasteiger partial charge < -0.3 is 34.5 Å². The second kappa shape index (κ2) is 12.7. The van der Waals surface area contributed by atoms with Crippen LogP contribution in [0.3, 0.4) is 0 Å². The van der Waals surface area contributed by atoms with Gasteiger partial charge in [-0.05, 0) is 82.5 Å². The average Bonchev–Trinajstić information content (AvgIpc) is 3.54. The summed E-state index contributed by atoms with van der Waals surface area (Å²) in [6, 6.07) is 13.5. The number of nitrogens with zero attached hydrogens (tertiary/aromatic N) is 1. The molecule has 2 aliphatic heterocycles. The van der Waals surface area contributed by atoms with Gasteiger partial charge in [0, 0.05) is 30.3 Å². The SMILES string of the molecule is COc1cc(OCC(C)OC(=O)C2CCCN2)ccc1-c1ccc2c(c1COc1cc(F)ccc1C)N(C)C(=O)C(C)(C)N2. The molecule has 0 spiro atoms. The van der Waals surface area contributed by atoms with Crippen LogP contribution in [0.15, 0.2) is 48.5 Å². The van der Waals surface area contributed by atoms with Crippen molar-refractivity contribution in [1.29, 1.82) is 0 Å². The molecule has 0 saturated carbocycles. The Balaban J connectivity index is 1.44. The summed E-state index contributed by atoms with van der Waals surface area (Å²) in [6.07, 6.45) is 1.30. The maximum atomic E-state index is 14.1. The van der Waals surface area contributed by atoms with Gasteiger partial charge in [0.05, 0.1) is 18.5 Å². The van der Waals surface area contributed by atoms with Crippen LogP contribution in [-0.4, -0.2) is 56.9 Å². The molecule has 0 aliphatic carbocycles. The molecule has 2 unspecified atom stereocenters. The summed E-state index contributed by atoms with van der Waals surface area (Å²) in [5.74, 6) is 0.759. The predicted molar refractivity (Wildman–Crippen MR) is 167 cm³/mol. The highest BCUT2D eigenvalue weighted by Gasteiger charge is 2.39. The van der Waals surface area contributed by atoms with Crippen molar-refractivity contribution in [1.82, 2.24) is 5.32 Å². The lowest BCUT2D eigenvalue weighted by Gasteiger charge is -2.39. The zero-order chi connectivity index (χ0) is 31.6. The number of aryl methyl sites for hydroxylation is 1. The number of nitrogens with one attached hydrogen (secondary N) is 2. The molecular weight excluding hydrogens is 565 g/mol. The van der Waals surface area contributed by atoms with Gasteiger partial charge in [-0.1, -0.05) is 12.1 Å². The molecule has 2 aliphatic rings. The first kappa shape index (κ1) is 31.1. The molecule has 1 saturated heterocycles. The van der Waals surface area contributed by atoms with Crippen LogP contribution in [-0.2, 0) is 20.9 Å². The quantitative estimate of drug-likeness (QED) is 0.288. The Kier molecular flexibility index (Phi) is 9.01. The van der Waals surface area contributed by atoms with E-state index in [9.17, 15) is 14.0 Å². The number of likely N-dealkylation sites (N-methyl/N-ethyl adjacent to an activating group) is 1. The van der Waals surface area contributed by atoms with Gasteiger partial charge in [0.25, 0.3) is 5.91 Å². The van der Waals surface area contributed by atoms with Gasteiger partial charge in [0.2, 0.25) is 0 Å². The lowest BCUT2D eigenvalue weighted by molar-refractivity contribution is -0.151. The molecule has 3 aromatic rings. The number of halogens is 1. The number of esters is 1. The predicted octanol–water partition coefficient (Wildman–Crippen LogP) is 5.62. The highest BCUT2D eigenvalue weighted by Crippen LogP contribution is 2.45. The summed E-state index contributed by atoms with van der Waals surface area (Å²) >= 11 is 0. The first-order valence-electron chi connectivity index (χ1n) is 14.8. The van der Waals surface area contributed by atoms with Gasteiger partial charge in [0.15, 0.2) is 0 Å². The number of carbonyl (C=O) groups is 2. The minimum absolute atomic E-state index is 0.0721. The molecule has 234 valence electrons. The second-order valence-electron chi connectivity index (χ2n) is 11.9. The molecule has 5 rings (SSSR count). The minimum Gasteiger partial charge on any atom is -0.496 e. The molecule has 0 aromatic heterocycles. The Bertz CT molecular complexity index is 1550. The number of hydrogen-bond donors (Lipinski definition) is 2. The van der Waals surface area contributed by atoms with E-state index in [4.69, 9.17) is 18.9 Å². The molecule has 44 heavy (non-hydrogen) atoms. The zero-order valence-corrected chi connectivity index (χ0v) is 26.1. The molecule has 10 heteroatoms. The summed E-state index contributed by atoms with van der Waals surface area (Å²) in [5.41, 5.74) is 3.73. The van der Waals surface area contributed by atoms with Crippen LogP contribution in [0, 0.1) is 12.7 Å². The average molecular weight is 606 g/mol. The molecule has 2 atom stereocenters. The number of ether oxygens (including phenoxy) is 4. The third-order valence-corrected chi connectivity index (χ3v) is 8.04. The Labute approximate surface area is 257 Å². The summed E-state index contributed by atoms with van der Waals surface area (Å²) in [6.45, 7) is 8.40. The first-order valence-corrected chi connectivity index (χ1v) is 14.8. The maximum Gasteiger partial charge on any atom is 0.323 e. The van der Waals surface area contributed by atoms with Crippen molar-refractivity contribution >= 4 is 23.3 Å². The lowest BCUT2D eigenvalue weighted by Crippen LogP contribution is -2.52. The van der Waals surface area contributed by atoms with E-state index in [0.717, 1.165) is 47.3 Å². The van der Waals surface area contributed by atoms with Crippen LogP contribution in [0.5, 0.6) is 17.2 Å². The molecule has 0 radical (unpaired) electrons. The van der Waals surface area contributed by atoms with E-state index in [0.29, 0.717) is 22.9 Å². The number of rotatable bonds is 10. The van der Waals surface area contributed by atoms with Crippen molar-refractivity contribution in [3.63, 3.8) is 0 Å². The van der Waals surface area contributed by atoms with Gasteiger partial charge >= 0.3 is 5.97 Å². The fourth-order valence-electron chi connectivity index (χ4n) is 5.71. The first-order chi connectivity index (χ1) is 21.0. The molecular formula is C34H40FN3O6. The van der Waals surface area contributed by atoms with Crippen molar-refractivity contribution < 1.29 is 32.9 Å². The highest BCUT2D eigenvalue weighted by atomic mass is 19.1. The van der Waals surface area contributed by atoms with Crippen LogP contribution < -0.4 is 29.7 Å². The number of amides is 1. The van der Waals surface area contributed by atoms with Gasteiger partial charge in [-0.15, -0.1) is 0 Å². The molecule has 1 amide bonds. The van der Waals surface area contributed by atoms with Crippen LogP contribution in [0.25, 0.3) is 11.1 Å². The largest absolute Gasteiger partial charge is 0.496 e. The van der Waals surface area contributed by atoms with Crippen molar-refractivity contribution in [3.05, 3.63) is 65.5 Å². The summed E-state index contributed by atoms with van der Waals surface area (Å²) in [5, 5.41) is 6.50. The lowest BCUT2D eigenvalue weighted by atomic mass is 9.91. The Morgan fingerprint density at radius 1 is 1.09 bits per heavy atom. The fraction of sp³-hybridized carbons (Fsp3) is 0.412. The third-order valence-electron chi connectivity index (χ3n) is 8.04. The monoisotopic (exact) mass is 605 g/mol. The zero-order valence-electron chi connectivity index (χ0n) is 26.1. The van der Waals surface area contributed by atoms with Gasteiger partial charge in [-0.25, -0.2) is 4.39 Å².